The highest BCUT2D eigenvalue weighted by molar-refractivity contribution is 5.92. The van der Waals surface area contributed by atoms with Gasteiger partial charge in [0.1, 0.15) is 0 Å². The number of amides is 3. The van der Waals surface area contributed by atoms with Crippen LogP contribution in [0, 0.1) is 5.92 Å². The molecule has 1 aliphatic carbocycles. The molecule has 2 bridgehead atoms. The first-order valence-corrected chi connectivity index (χ1v) is 14.5. The van der Waals surface area contributed by atoms with E-state index in [9.17, 15) is 9.59 Å². The lowest BCUT2D eigenvalue weighted by Gasteiger charge is -2.40. The van der Waals surface area contributed by atoms with E-state index in [0.29, 0.717) is 48.7 Å². The summed E-state index contributed by atoms with van der Waals surface area (Å²) in [6.07, 6.45) is 9.04. The zero-order valence-corrected chi connectivity index (χ0v) is 22.6. The monoisotopic (exact) mass is 532 g/mol. The Bertz CT molecular complexity index is 1200. The normalized spacial score (nSPS) is 27.8. The van der Waals surface area contributed by atoms with E-state index in [1.807, 2.05) is 23.1 Å². The Balaban J connectivity index is 1.05. The second-order valence-electron chi connectivity index (χ2n) is 11.9. The predicted molar refractivity (Wildman–Crippen MR) is 149 cm³/mol. The first-order valence-electron chi connectivity index (χ1n) is 14.5. The summed E-state index contributed by atoms with van der Waals surface area (Å²) in [7, 11) is 0. The number of hydrogen-bond acceptors (Lipinski definition) is 5. The van der Waals surface area contributed by atoms with Crippen LogP contribution >= 0.6 is 0 Å². The van der Waals surface area contributed by atoms with Gasteiger partial charge in [-0.3, -0.25) is 9.69 Å². The number of rotatable bonds is 8. The Labute approximate surface area is 230 Å². The van der Waals surface area contributed by atoms with Crippen molar-refractivity contribution < 1.29 is 19.1 Å². The minimum absolute atomic E-state index is 0.293. The molecule has 2 aromatic rings. The molecule has 0 radical (unpaired) electrons. The summed E-state index contributed by atoms with van der Waals surface area (Å²) in [5, 5.41) is 0. The fourth-order valence-electron chi connectivity index (χ4n) is 7.62. The van der Waals surface area contributed by atoms with Gasteiger partial charge < -0.3 is 25.8 Å². The highest BCUT2D eigenvalue weighted by Gasteiger charge is 2.41. The third-order valence-electron chi connectivity index (χ3n) is 9.60. The molecule has 3 heterocycles. The van der Waals surface area contributed by atoms with Crippen molar-refractivity contribution in [2.75, 3.05) is 26.4 Å². The summed E-state index contributed by atoms with van der Waals surface area (Å²) in [4.78, 5) is 28.7. The molecule has 4 aliphatic rings. The first-order chi connectivity index (χ1) is 18.9. The smallest absolute Gasteiger partial charge is 0.314 e. The van der Waals surface area contributed by atoms with Gasteiger partial charge in [-0.05, 0) is 98.1 Å². The van der Waals surface area contributed by atoms with Gasteiger partial charge in [0.25, 0.3) is 0 Å². The topological polar surface area (TPSA) is 111 Å². The third kappa shape index (κ3) is 5.57. The summed E-state index contributed by atoms with van der Waals surface area (Å²) >= 11 is 0. The minimum atomic E-state index is -0.371. The third-order valence-corrected chi connectivity index (χ3v) is 9.60. The van der Waals surface area contributed by atoms with Gasteiger partial charge in [-0.15, -0.1) is 0 Å². The van der Waals surface area contributed by atoms with E-state index in [0.717, 1.165) is 63.1 Å². The molecule has 3 fully saturated rings. The maximum absolute atomic E-state index is 12.5. The Morgan fingerprint density at radius 3 is 2.41 bits per heavy atom. The van der Waals surface area contributed by atoms with Crippen LogP contribution in [-0.4, -0.2) is 60.2 Å². The number of carbonyl (C=O) groups is 2. The second-order valence-corrected chi connectivity index (χ2v) is 11.9. The molecule has 8 nitrogen and oxygen atoms in total. The van der Waals surface area contributed by atoms with Crippen molar-refractivity contribution in [1.29, 1.82) is 0 Å². The molecule has 4 atom stereocenters. The SMILES string of the molecule is NC(=O)c1cccc(C2CC3CCC(C2)N3CCN(CC2CCCC(c3ccc4c(c3)OCO4)C2)C(N)=O)c1. The van der Waals surface area contributed by atoms with Crippen LogP contribution in [-0.2, 0) is 0 Å². The first kappa shape index (κ1) is 26.0. The second kappa shape index (κ2) is 11.1. The molecule has 0 aromatic heterocycles. The molecule has 1 saturated carbocycles. The zero-order valence-electron chi connectivity index (χ0n) is 22.6. The van der Waals surface area contributed by atoms with Crippen LogP contribution < -0.4 is 20.9 Å². The van der Waals surface area contributed by atoms with Crippen molar-refractivity contribution in [3.05, 3.63) is 59.2 Å². The van der Waals surface area contributed by atoms with E-state index in [-0.39, 0.29) is 11.9 Å². The quantitative estimate of drug-likeness (QED) is 0.517. The van der Waals surface area contributed by atoms with Gasteiger partial charge in [0.2, 0.25) is 12.7 Å². The Morgan fingerprint density at radius 1 is 0.872 bits per heavy atom. The number of nitrogens with two attached hydrogens (primary N) is 2. The molecule has 2 aromatic carbocycles. The van der Waals surface area contributed by atoms with Crippen molar-refractivity contribution >= 4 is 11.9 Å². The lowest BCUT2D eigenvalue weighted by atomic mass is 9.77. The van der Waals surface area contributed by atoms with Crippen LogP contribution in [0.15, 0.2) is 42.5 Å². The zero-order chi connectivity index (χ0) is 26.9. The number of fused-ring (bicyclic) bond motifs is 3. The molecule has 208 valence electrons. The van der Waals surface area contributed by atoms with Crippen molar-refractivity contribution in [3.8, 4) is 11.5 Å². The summed E-state index contributed by atoms with van der Waals surface area (Å²) in [6.45, 7) is 2.56. The number of piperidine rings is 1. The van der Waals surface area contributed by atoms with Crippen molar-refractivity contribution in [1.82, 2.24) is 9.80 Å². The highest BCUT2D eigenvalue weighted by Crippen LogP contribution is 2.44. The molecule has 4 unspecified atom stereocenters. The number of nitrogens with zero attached hydrogens (tertiary/aromatic N) is 2. The molecule has 3 aliphatic heterocycles. The molecule has 3 amide bonds. The molecule has 6 rings (SSSR count). The summed E-state index contributed by atoms with van der Waals surface area (Å²) < 4.78 is 11.1. The molecule has 39 heavy (non-hydrogen) atoms. The van der Waals surface area contributed by atoms with Gasteiger partial charge in [0.15, 0.2) is 11.5 Å². The number of hydrogen-bond donors (Lipinski definition) is 2. The van der Waals surface area contributed by atoms with E-state index in [1.165, 1.54) is 24.0 Å². The van der Waals surface area contributed by atoms with Gasteiger partial charge >= 0.3 is 6.03 Å². The van der Waals surface area contributed by atoms with Crippen LogP contribution in [0.2, 0.25) is 0 Å². The fourth-order valence-corrected chi connectivity index (χ4v) is 7.62. The fraction of sp³-hybridized carbons (Fsp3) is 0.548. The summed E-state index contributed by atoms with van der Waals surface area (Å²) in [5.74, 6) is 2.65. The van der Waals surface area contributed by atoms with E-state index < -0.39 is 0 Å². The average Bonchev–Trinajstić information content (AvgIpc) is 3.51. The van der Waals surface area contributed by atoms with Gasteiger partial charge in [-0.2, -0.15) is 0 Å². The number of primary amides is 2. The summed E-state index contributed by atoms with van der Waals surface area (Å²) in [5.41, 5.74) is 14.5. The van der Waals surface area contributed by atoms with Crippen molar-refractivity contribution in [2.45, 2.75) is 75.3 Å². The van der Waals surface area contributed by atoms with Crippen LogP contribution in [0.25, 0.3) is 0 Å². The molecule has 0 spiro atoms. The van der Waals surface area contributed by atoms with Crippen molar-refractivity contribution in [3.63, 3.8) is 0 Å². The van der Waals surface area contributed by atoms with Gasteiger partial charge in [0, 0.05) is 37.3 Å². The van der Waals surface area contributed by atoms with Crippen LogP contribution in [0.4, 0.5) is 4.79 Å². The Morgan fingerprint density at radius 2 is 1.64 bits per heavy atom. The molecule has 8 heteroatoms. The average molecular weight is 533 g/mol. The van der Waals surface area contributed by atoms with E-state index >= 15 is 0 Å². The predicted octanol–water partition coefficient (Wildman–Crippen LogP) is 4.58. The van der Waals surface area contributed by atoms with E-state index in [4.69, 9.17) is 20.9 Å². The maximum Gasteiger partial charge on any atom is 0.314 e. The molecule has 2 saturated heterocycles. The molecule has 4 N–H and O–H groups in total. The van der Waals surface area contributed by atoms with Crippen LogP contribution in [0.5, 0.6) is 11.5 Å². The van der Waals surface area contributed by atoms with Gasteiger partial charge in [0.05, 0.1) is 0 Å². The highest BCUT2D eigenvalue weighted by atomic mass is 16.7. The number of carbonyl (C=O) groups excluding carboxylic acids is 2. The standard InChI is InChI=1S/C31H40N4O4/c32-30(36)24-6-2-5-22(14-24)25-15-26-8-9-27(16-25)35(26)12-11-34(31(33)37)18-20-3-1-4-21(13-20)23-7-10-28-29(17-23)39-19-38-28/h2,5-7,10,14,17,20-21,25-27H,1,3-4,8-9,11-13,15-16,18-19H2,(H2,32,36)(H2,33,37). The number of urea groups is 1. The van der Waals surface area contributed by atoms with E-state index in [2.05, 4.69) is 23.1 Å². The Kier molecular flexibility index (Phi) is 7.38. The van der Waals surface area contributed by atoms with Crippen molar-refractivity contribution in [2.24, 2.45) is 17.4 Å². The summed E-state index contributed by atoms with van der Waals surface area (Å²) in [6, 6.07) is 14.8. The lowest BCUT2D eigenvalue weighted by molar-refractivity contribution is 0.0999. The minimum Gasteiger partial charge on any atom is -0.454 e. The lowest BCUT2D eigenvalue weighted by Crippen LogP contribution is -2.49. The van der Waals surface area contributed by atoms with E-state index in [1.54, 1.807) is 6.07 Å². The van der Waals surface area contributed by atoms with Gasteiger partial charge in [-0.1, -0.05) is 24.6 Å². The molecular formula is C31H40N4O4. The maximum atomic E-state index is 12.5. The number of benzene rings is 2. The van der Waals surface area contributed by atoms with Crippen LogP contribution in [0.3, 0.4) is 0 Å². The largest absolute Gasteiger partial charge is 0.454 e. The van der Waals surface area contributed by atoms with Crippen LogP contribution in [0.1, 0.15) is 84.7 Å². The Hall–Kier alpha value is -3.26. The number of ether oxygens (including phenoxy) is 2. The van der Waals surface area contributed by atoms with Gasteiger partial charge in [-0.25, -0.2) is 4.79 Å². The molecular weight excluding hydrogens is 492 g/mol.